The van der Waals surface area contributed by atoms with Crippen LogP contribution in [0.4, 0.5) is 0 Å². The second-order valence-electron chi connectivity index (χ2n) is 5.92. The van der Waals surface area contributed by atoms with E-state index in [1.54, 1.807) is 30.5 Å². The molecule has 0 N–H and O–H groups in total. The standard InChI is InChI=1S/C18H20N6O2/c1-13(15-8-10-20-12-21-15)24(2)17(25)7-3-6-16-22-18(23-26-16)14-5-4-9-19-11-14/h4-5,8-13H,3,6-7H2,1-2H3/t13-/m0/s1. The van der Waals surface area contributed by atoms with Gasteiger partial charge in [0.15, 0.2) is 0 Å². The minimum Gasteiger partial charge on any atom is -0.339 e. The topological polar surface area (TPSA) is 97.9 Å². The van der Waals surface area contributed by atoms with Gasteiger partial charge in [-0.1, -0.05) is 5.16 Å². The monoisotopic (exact) mass is 352 g/mol. The van der Waals surface area contributed by atoms with Crippen molar-refractivity contribution in [2.45, 2.75) is 32.2 Å². The van der Waals surface area contributed by atoms with Gasteiger partial charge in [0, 0.05) is 44.0 Å². The van der Waals surface area contributed by atoms with Gasteiger partial charge in [0.05, 0.1) is 11.7 Å². The molecule has 0 radical (unpaired) electrons. The summed E-state index contributed by atoms with van der Waals surface area (Å²) in [4.78, 5) is 30.6. The number of rotatable bonds is 7. The lowest BCUT2D eigenvalue weighted by molar-refractivity contribution is -0.132. The number of hydrogen-bond acceptors (Lipinski definition) is 7. The summed E-state index contributed by atoms with van der Waals surface area (Å²) in [6, 6.07) is 5.39. The molecule has 3 aromatic rings. The highest BCUT2D eigenvalue weighted by Crippen LogP contribution is 2.18. The van der Waals surface area contributed by atoms with Crippen molar-refractivity contribution in [2.75, 3.05) is 7.05 Å². The van der Waals surface area contributed by atoms with E-state index in [1.807, 2.05) is 25.1 Å². The van der Waals surface area contributed by atoms with Gasteiger partial charge >= 0.3 is 0 Å². The van der Waals surface area contributed by atoms with Crippen molar-refractivity contribution in [3.05, 3.63) is 54.7 Å². The first-order valence-corrected chi connectivity index (χ1v) is 8.39. The zero-order valence-electron chi connectivity index (χ0n) is 14.7. The Morgan fingerprint density at radius 1 is 1.27 bits per heavy atom. The maximum Gasteiger partial charge on any atom is 0.226 e. The Hall–Kier alpha value is -3.16. The van der Waals surface area contributed by atoms with Crippen LogP contribution in [0.3, 0.4) is 0 Å². The van der Waals surface area contributed by atoms with Gasteiger partial charge in [-0.15, -0.1) is 0 Å². The highest BCUT2D eigenvalue weighted by molar-refractivity contribution is 5.76. The van der Waals surface area contributed by atoms with E-state index in [9.17, 15) is 4.79 Å². The van der Waals surface area contributed by atoms with E-state index in [4.69, 9.17) is 4.52 Å². The van der Waals surface area contributed by atoms with Crippen LogP contribution in [-0.4, -0.2) is 42.9 Å². The number of aromatic nitrogens is 5. The van der Waals surface area contributed by atoms with Crippen molar-refractivity contribution in [2.24, 2.45) is 0 Å². The molecular formula is C18H20N6O2. The fourth-order valence-electron chi connectivity index (χ4n) is 2.50. The van der Waals surface area contributed by atoms with Crippen LogP contribution < -0.4 is 0 Å². The Balaban J connectivity index is 1.50. The summed E-state index contributed by atoms with van der Waals surface area (Å²) in [6.45, 7) is 1.94. The molecule has 0 unspecified atom stereocenters. The maximum atomic E-state index is 12.4. The van der Waals surface area contributed by atoms with Crippen LogP contribution in [0.2, 0.25) is 0 Å². The van der Waals surface area contributed by atoms with Crippen LogP contribution in [-0.2, 0) is 11.2 Å². The summed E-state index contributed by atoms with van der Waals surface area (Å²) in [5.74, 6) is 1.07. The second-order valence-corrected chi connectivity index (χ2v) is 5.92. The van der Waals surface area contributed by atoms with E-state index < -0.39 is 0 Å². The van der Waals surface area contributed by atoms with Crippen molar-refractivity contribution in [3.63, 3.8) is 0 Å². The summed E-state index contributed by atoms with van der Waals surface area (Å²) in [5.41, 5.74) is 1.62. The predicted octanol–water partition coefficient (Wildman–Crippen LogP) is 2.46. The Morgan fingerprint density at radius 3 is 2.88 bits per heavy atom. The van der Waals surface area contributed by atoms with E-state index in [1.165, 1.54) is 6.33 Å². The number of carbonyl (C=O) groups is 1. The Labute approximate surface area is 151 Å². The van der Waals surface area contributed by atoms with Crippen LogP contribution >= 0.6 is 0 Å². The van der Waals surface area contributed by atoms with Crippen molar-refractivity contribution >= 4 is 5.91 Å². The third-order valence-electron chi connectivity index (χ3n) is 4.18. The number of hydrogen-bond donors (Lipinski definition) is 0. The average Bonchev–Trinajstić information content (AvgIpc) is 3.17. The van der Waals surface area contributed by atoms with Gasteiger partial charge in [0.25, 0.3) is 0 Å². The predicted molar refractivity (Wildman–Crippen MR) is 93.7 cm³/mol. The van der Waals surface area contributed by atoms with Crippen LogP contribution in [0.15, 0.2) is 47.6 Å². The normalized spacial score (nSPS) is 11.9. The van der Waals surface area contributed by atoms with Gasteiger partial charge in [-0.2, -0.15) is 4.98 Å². The van der Waals surface area contributed by atoms with Crippen molar-refractivity contribution in [1.29, 1.82) is 0 Å². The third kappa shape index (κ3) is 4.27. The lowest BCUT2D eigenvalue weighted by Gasteiger charge is -2.24. The first-order valence-electron chi connectivity index (χ1n) is 8.39. The molecule has 8 nitrogen and oxygen atoms in total. The largest absolute Gasteiger partial charge is 0.339 e. The highest BCUT2D eigenvalue weighted by atomic mass is 16.5. The number of pyridine rings is 1. The molecule has 0 saturated carbocycles. The molecule has 8 heteroatoms. The van der Waals surface area contributed by atoms with Gasteiger partial charge in [-0.05, 0) is 31.5 Å². The van der Waals surface area contributed by atoms with E-state index in [2.05, 4.69) is 25.1 Å². The molecule has 1 amide bonds. The maximum absolute atomic E-state index is 12.4. The number of aryl methyl sites for hydroxylation is 1. The minimum atomic E-state index is -0.105. The molecule has 1 atom stereocenters. The molecular weight excluding hydrogens is 332 g/mol. The van der Waals surface area contributed by atoms with Gasteiger partial charge in [0.1, 0.15) is 6.33 Å². The third-order valence-corrected chi connectivity index (χ3v) is 4.18. The van der Waals surface area contributed by atoms with Gasteiger partial charge in [-0.3, -0.25) is 9.78 Å². The quantitative estimate of drug-likeness (QED) is 0.644. The van der Waals surface area contributed by atoms with E-state index in [0.29, 0.717) is 31.0 Å². The average molecular weight is 352 g/mol. The van der Waals surface area contributed by atoms with Crippen molar-refractivity contribution in [1.82, 2.24) is 30.0 Å². The molecule has 0 aliphatic heterocycles. The Bertz CT molecular complexity index is 837. The molecule has 0 aliphatic rings. The Morgan fingerprint density at radius 2 is 2.15 bits per heavy atom. The molecule has 0 bridgehead atoms. The van der Waals surface area contributed by atoms with Crippen LogP contribution in [0, 0.1) is 0 Å². The molecule has 134 valence electrons. The number of amides is 1. The molecule has 26 heavy (non-hydrogen) atoms. The zero-order chi connectivity index (χ0) is 18.4. The molecule has 0 saturated heterocycles. The lowest BCUT2D eigenvalue weighted by atomic mass is 10.1. The fraction of sp³-hybridized carbons (Fsp3) is 0.333. The molecule has 3 heterocycles. The van der Waals surface area contributed by atoms with Crippen LogP contribution in [0.1, 0.15) is 37.4 Å². The molecule has 0 spiro atoms. The van der Waals surface area contributed by atoms with E-state index in [-0.39, 0.29) is 11.9 Å². The van der Waals surface area contributed by atoms with E-state index >= 15 is 0 Å². The molecule has 0 aliphatic carbocycles. The van der Waals surface area contributed by atoms with Gasteiger partial charge in [0.2, 0.25) is 17.6 Å². The smallest absolute Gasteiger partial charge is 0.226 e. The fourth-order valence-corrected chi connectivity index (χ4v) is 2.50. The molecule has 0 fully saturated rings. The molecule has 3 aromatic heterocycles. The molecule has 3 rings (SSSR count). The van der Waals surface area contributed by atoms with Gasteiger partial charge in [-0.25, -0.2) is 9.97 Å². The van der Waals surface area contributed by atoms with Gasteiger partial charge < -0.3 is 9.42 Å². The second kappa shape index (κ2) is 8.28. The molecule has 0 aromatic carbocycles. The number of carbonyl (C=O) groups excluding carboxylic acids is 1. The Kier molecular flexibility index (Phi) is 5.62. The summed E-state index contributed by atoms with van der Waals surface area (Å²) in [5, 5.41) is 3.95. The van der Waals surface area contributed by atoms with Crippen LogP contribution in [0.25, 0.3) is 11.4 Å². The van der Waals surface area contributed by atoms with Crippen LogP contribution in [0.5, 0.6) is 0 Å². The zero-order valence-corrected chi connectivity index (χ0v) is 14.7. The summed E-state index contributed by atoms with van der Waals surface area (Å²) < 4.78 is 5.25. The summed E-state index contributed by atoms with van der Waals surface area (Å²) in [6.07, 6.45) is 8.11. The minimum absolute atomic E-state index is 0.0445. The first-order chi connectivity index (χ1) is 12.6. The van der Waals surface area contributed by atoms with Crippen molar-refractivity contribution < 1.29 is 9.32 Å². The first kappa shape index (κ1) is 17.7. The lowest BCUT2D eigenvalue weighted by Crippen LogP contribution is -2.30. The number of nitrogens with zero attached hydrogens (tertiary/aromatic N) is 6. The SMILES string of the molecule is C[C@@H](c1ccncn1)N(C)C(=O)CCCc1nc(-c2cccnc2)no1. The summed E-state index contributed by atoms with van der Waals surface area (Å²) in [7, 11) is 1.78. The van der Waals surface area contributed by atoms with Crippen molar-refractivity contribution in [3.8, 4) is 11.4 Å². The van der Waals surface area contributed by atoms with E-state index in [0.717, 1.165) is 11.3 Å². The highest BCUT2D eigenvalue weighted by Gasteiger charge is 2.18. The summed E-state index contributed by atoms with van der Waals surface area (Å²) >= 11 is 0.